The number of carboxylic acid groups (broad SMARTS) is 1. The Balaban J connectivity index is 1.33. The van der Waals surface area contributed by atoms with Gasteiger partial charge in [-0.1, -0.05) is 54.6 Å². The van der Waals surface area contributed by atoms with Crippen molar-refractivity contribution in [2.24, 2.45) is 0 Å². The van der Waals surface area contributed by atoms with Gasteiger partial charge in [-0.25, -0.2) is 9.59 Å². The van der Waals surface area contributed by atoms with E-state index >= 15 is 0 Å². The number of carboxylic acids is 1. The lowest BCUT2D eigenvalue weighted by molar-refractivity contribution is -0.116. The summed E-state index contributed by atoms with van der Waals surface area (Å²) in [5.74, 6) is -1.64. The van der Waals surface area contributed by atoms with E-state index in [0.29, 0.717) is 4.47 Å². The molecule has 0 bridgehead atoms. The fourth-order valence-electron chi connectivity index (χ4n) is 4.19. The molecule has 1 atom stereocenters. The van der Waals surface area contributed by atoms with E-state index in [1.807, 2.05) is 36.4 Å². The zero-order chi connectivity index (χ0) is 24.2. The predicted octanol–water partition coefficient (Wildman–Crippen LogP) is 5.40. The Morgan fingerprint density at radius 2 is 1.59 bits per heavy atom. The molecular weight excluding hydrogens is 500 g/mol. The maximum Gasteiger partial charge on any atom is 0.407 e. The molecule has 174 valence electrons. The SMILES string of the molecule is C[C@H](CC(=O)Nc1c(Br)cccc1C(=O)O)NC(=O)OCC1c2ccccc2-c2ccccc21. The zero-order valence-corrected chi connectivity index (χ0v) is 20.0. The number of ether oxygens (including phenoxy) is 1. The second kappa shape index (κ2) is 10.1. The third-order valence-corrected chi connectivity index (χ3v) is 6.37. The molecule has 0 spiro atoms. The van der Waals surface area contributed by atoms with Gasteiger partial charge >= 0.3 is 12.1 Å². The molecule has 2 amide bonds. The van der Waals surface area contributed by atoms with E-state index in [9.17, 15) is 19.5 Å². The number of para-hydroxylation sites is 1. The molecule has 0 aliphatic heterocycles. The van der Waals surface area contributed by atoms with Gasteiger partial charge in [-0.3, -0.25) is 4.79 Å². The minimum atomic E-state index is -1.15. The highest BCUT2D eigenvalue weighted by Crippen LogP contribution is 2.44. The highest BCUT2D eigenvalue weighted by molar-refractivity contribution is 9.10. The van der Waals surface area contributed by atoms with Crippen molar-refractivity contribution in [1.82, 2.24) is 5.32 Å². The monoisotopic (exact) mass is 522 g/mol. The summed E-state index contributed by atoms with van der Waals surface area (Å²) in [4.78, 5) is 36.3. The molecule has 7 nitrogen and oxygen atoms in total. The first-order valence-electron chi connectivity index (χ1n) is 10.8. The molecule has 3 aromatic rings. The summed E-state index contributed by atoms with van der Waals surface area (Å²) >= 11 is 3.26. The second-order valence-electron chi connectivity index (χ2n) is 8.09. The topological polar surface area (TPSA) is 105 Å². The number of carbonyl (C=O) groups excluding carboxylic acids is 2. The van der Waals surface area contributed by atoms with Crippen LogP contribution in [0.25, 0.3) is 11.1 Å². The molecule has 0 unspecified atom stereocenters. The summed E-state index contributed by atoms with van der Waals surface area (Å²) in [6.07, 6.45) is -0.667. The Bertz CT molecular complexity index is 1210. The molecule has 0 heterocycles. The van der Waals surface area contributed by atoms with Crippen LogP contribution in [-0.4, -0.2) is 35.7 Å². The number of hydrogen-bond donors (Lipinski definition) is 3. The minimum Gasteiger partial charge on any atom is -0.478 e. The first-order valence-corrected chi connectivity index (χ1v) is 11.6. The highest BCUT2D eigenvalue weighted by atomic mass is 79.9. The number of anilines is 1. The lowest BCUT2D eigenvalue weighted by Crippen LogP contribution is -2.36. The van der Waals surface area contributed by atoms with Gasteiger partial charge in [0.25, 0.3) is 0 Å². The summed E-state index contributed by atoms with van der Waals surface area (Å²) in [6.45, 7) is 1.86. The van der Waals surface area contributed by atoms with Gasteiger partial charge in [0.2, 0.25) is 5.91 Å². The van der Waals surface area contributed by atoms with E-state index in [1.54, 1.807) is 19.1 Å². The van der Waals surface area contributed by atoms with Crippen LogP contribution < -0.4 is 10.6 Å². The van der Waals surface area contributed by atoms with Crippen molar-refractivity contribution in [2.75, 3.05) is 11.9 Å². The van der Waals surface area contributed by atoms with Crippen molar-refractivity contribution < 1.29 is 24.2 Å². The van der Waals surface area contributed by atoms with Crippen molar-refractivity contribution in [3.05, 3.63) is 87.9 Å². The van der Waals surface area contributed by atoms with Crippen LogP contribution in [0.5, 0.6) is 0 Å². The second-order valence-corrected chi connectivity index (χ2v) is 8.95. The number of hydrogen-bond acceptors (Lipinski definition) is 4. The summed E-state index contributed by atoms with van der Waals surface area (Å²) in [6, 6.07) is 20.2. The molecule has 0 aromatic heterocycles. The summed E-state index contributed by atoms with van der Waals surface area (Å²) in [5.41, 5.74) is 4.67. The van der Waals surface area contributed by atoms with Crippen LogP contribution in [-0.2, 0) is 9.53 Å². The molecule has 3 aromatic carbocycles. The standard InChI is InChI=1S/C26H23BrN2O5/c1-15(13-23(30)29-24-20(25(31)32)11-6-12-22(24)27)28-26(33)34-14-21-18-9-4-2-7-16(18)17-8-3-5-10-19(17)21/h2-12,15,21H,13-14H2,1H3,(H,28,33)(H,29,30)(H,31,32)/t15-/m1/s1. The Hall–Kier alpha value is -3.65. The number of aromatic carboxylic acids is 1. The molecule has 0 radical (unpaired) electrons. The van der Waals surface area contributed by atoms with Crippen molar-refractivity contribution in [1.29, 1.82) is 0 Å². The number of alkyl carbamates (subject to hydrolysis) is 1. The van der Waals surface area contributed by atoms with E-state index in [4.69, 9.17) is 4.74 Å². The Kier molecular flexibility index (Phi) is 6.98. The fraction of sp³-hybridized carbons (Fsp3) is 0.192. The summed E-state index contributed by atoms with van der Waals surface area (Å²) in [7, 11) is 0. The van der Waals surface area contributed by atoms with E-state index < -0.39 is 24.0 Å². The molecule has 34 heavy (non-hydrogen) atoms. The zero-order valence-electron chi connectivity index (χ0n) is 18.4. The summed E-state index contributed by atoms with van der Waals surface area (Å²) < 4.78 is 5.97. The third kappa shape index (κ3) is 4.97. The minimum absolute atomic E-state index is 0.0279. The fourth-order valence-corrected chi connectivity index (χ4v) is 4.66. The van der Waals surface area contributed by atoms with Crippen molar-refractivity contribution in [3.8, 4) is 11.1 Å². The molecule has 1 aliphatic rings. The molecule has 1 aliphatic carbocycles. The highest BCUT2D eigenvalue weighted by Gasteiger charge is 2.29. The van der Waals surface area contributed by atoms with Gasteiger partial charge in [-0.15, -0.1) is 0 Å². The maximum absolute atomic E-state index is 12.5. The molecule has 4 rings (SSSR count). The van der Waals surface area contributed by atoms with E-state index in [1.165, 1.54) is 6.07 Å². The molecule has 0 saturated carbocycles. The van der Waals surface area contributed by atoms with Gasteiger partial charge in [0.15, 0.2) is 0 Å². The number of benzene rings is 3. The Morgan fingerprint density at radius 3 is 2.21 bits per heavy atom. The van der Waals surface area contributed by atoms with Crippen molar-refractivity contribution >= 4 is 39.6 Å². The number of amides is 2. The molecule has 3 N–H and O–H groups in total. The van der Waals surface area contributed by atoms with Gasteiger partial charge in [-0.2, -0.15) is 0 Å². The molecule has 8 heteroatoms. The Morgan fingerprint density at radius 1 is 0.971 bits per heavy atom. The lowest BCUT2D eigenvalue weighted by Gasteiger charge is -2.17. The lowest BCUT2D eigenvalue weighted by atomic mass is 9.98. The van der Waals surface area contributed by atoms with Crippen LogP contribution in [0.15, 0.2) is 71.2 Å². The van der Waals surface area contributed by atoms with Crippen LogP contribution >= 0.6 is 15.9 Å². The van der Waals surface area contributed by atoms with Gasteiger partial charge in [0, 0.05) is 22.9 Å². The van der Waals surface area contributed by atoms with E-state index in [0.717, 1.165) is 22.3 Å². The normalized spacial score (nSPS) is 12.9. The number of carbonyl (C=O) groups is 3. The summed E-state index contributed by atoms with van der Waals surface area (Å²) in [5, 5.41) is 14.6. The van der Waals surface area contributed by atoms with Crippen molar-refractivity contribution in [2.45, 2.75) is 25.3 Å². The van der Waals surface area contributed by atoms with E-state index in [2.05, 4.69) is 38.7 Å². The largest absolute Gasteiger partial charge is 0.478 e. The smallest absolute Gasteiger partial charge is 0.407 e. The maximum atomic E-state index is 12.5. The average molecular weight is 523 g/mol. The van der Waals surface area contributed by atoms with Gasteiger partial charge in [0.05, 0.1) is 11.3 Å². The molecule has 0 saturated heterocycles. The number of fused-ring (bicyclic) bond motifs is 3. The van der Waals surface area contributed by atoms with Gasteiger partial charge < -0.3 is 20.5 Å². The van der Waals surface area contributed by atoms with Gasteiger partial charge in [0.1, 0.15) is 6.61 Å². The van der Waals surface area contributed by atoms with E-state index in [-0.39, 0.29) is 30.2 Å². The Labute approximate surface area is 205 Å². The van der Waals surface area contributed by atoms with Crippen LogP contribution in [0.1, 0.15) is 40.7 Å². The number of halogens is 1. The predicted molar refractivity (Wildman–Crippen MR) is 132 cm³/mol. The average Bonchev–Trinajstić information content (AvgIpc) is 3.12. The first-order chi connectivity index (χ1) is 16.3. The quantitative estimate of drug-likeness (QED) is 0.385. The van der Waals surface area contributed by atoms with Gasteiger partial charge in [-0.05, 0) is 57.2 Å². The molecule has 0 fully saturated rings. The van der Waals surface area contributed by atoms with Crippen molar-refractivity contribution in [3.63, 3.8) is 0 Å². The number of rotatable bonds is 7. The van der Waals surface area contributed by atoms with Crippen LogP contribution in [0.2, 0.25) is 0 Å². The third-order valence-electron chi connectivity index (χ3n) is 5.71. The van der Waals surface area contributed by atoms with Crippen LogP contribution in [0.4, 0.5) is 10.5 Å². The molecular formula is C26H23BrN2O5. The number of nitrogens with one attached hydrogen (secondary N) is 2. The van der Waals surface area contributed by atoms with Crippen LogP contribution in [0, 0.1) is 0 Å². The van der Waals surface area contributed by atoms with Crippen LogP contribution in [0.3, 0.4) is 0 Å². The first kappa shape index (κ1) is 23.5.